The summed E-state index contributed by atoms with van der Waals surface area (Å²) in [7, 11) is 3.78. The second-order valence-corrected chi connectivity index (χ2v) is 6.19. The van der Waals surface area contributed by atoms with Crippen molar-refractivity contribution in [3.8, 4) is 0 Å². The number of likely N-dealkylation sites (N-methyl/N-ethyl adjacent to an activating group) is 1. The van der Waals surface area contributed by atoms with E-state index >= 15 is 0 Å². The molecule has 1 heterocycles. The van der Waals surface area contributed by atoms with Gasteiger partial charge in [0, 0.05) is 5.69 Å². The first kappa shape index (κ1) is 17.6. The summed E-state index contributed by atoms with van der Waals surface area (Å²) in [5.41, 5.74) is 2.58. The summed E-state index contributed by atoms with van der Waals surface area (Å²) in [5.74, 6) is 0.633. The Morgan fingerprint density at radius 1 is 0.885 bits per heavy atom. The Kier molecular flexibility index (Phi) is 5.61. The van der Waals surface area contributed by atoms with E-state index in [2.05, 4.69) is 15.6 Å². The van der Waals surface area contributed by atoms with Crippen molar-refractivity contribution in [2.45, 2.75) is 6.04 Å². The van der Waals surface area contributed by atoms with E-state index in [0.717, 1.165) is 17.1 Å². The van der Waals surface area contributed by atoms with Gasteiger partial charge in [0.2, 0.25) is 5.91 Å². The molecule has 0 saturated heterocycles. The first-order valence-electron chi connectivity index (χ1n) is 8.44. The highest BCUT2D eigenvalue weighted by atomic mass is 16.2. The van der Waals surface area contributed by atoms with Gasteiger partial charge < -0.3 is 10.6 Å². The Bertz CT molecular complexity index is 833. The highest BCUT2D eigenvalue weighted by Crippen LogP contribution is 2.21. The third kappa shape index (κ3) is 4.46. The zero-order chi connectivity index (χ0) is 18.4. The number of amides is 1. The second kappa shape index (κ2) is 8.27. The van der Waals surface area contributed by atoms with Gasteiger partial charge >= 0.3 is 0 Å². The summed E-state index contributed by atoms with van der Waals surface area (Å²) in [6.45, 7) is 0. The number of nitrogens with zero attached hydrogens (tertiary/aromatic N) is 2. The van der Waals surface area contributed by atoms with Crippen molar-refractivity contribution >= 4 is 23.1 Å². The molecule has 0 saturated carbocycles. The topological polar surface area (TPSA) is 57.3 Å². The molecule has 1 unspecified atom stereocenters. The number of benzene rings is 2. The molecule has 132 valence electrons. The van der Waals surface area contributed by atoms with Gasteiger partial charge in [0.1, 0.15) is 11.9 Å². The number of hydrogen-bond acceptors (Lipinski definition) is 4. The summed E-state index contributed by atoms with van der Waals surface area (Å²) >= 11 is 0. The smallest absolute Gasteiger partial charge is 0.246 e. The van der Waals surface area contributed by atoms with Gasteiger partial charge in [-0.3, -0.25) is 9.69 Å². The molecule has 0 aliphatic rings. The average Bonchev–Trinajstić information content (AvgIpc) is 2.65. The molecule has 26 heavy (non-hydrogen) atoms. The molecule has 2 N–H and O–H groups in total. The maximum absolute atomic E-state index is 12.7. The van der Waals surface area contributed by atoms with E-state index in [1.165, 1.54) is 0 Å². The molecule has 0 bridgehead atoms. The molecule has 0 radical (unpaired) electrons. The SMILES string of the molecule is CN(C)C(C(=O)Nc1ccc(Nc2ccccc2)nc1)c1ccccc1. The lowest BCUT2D eigenvalue weighted by molar-refractivity contribution is -0.120. The van der Waals surface area contributed by atoms with Crippen LogP contribution in [0.25, 0.3) is 0 Å². The molecular formula is C21H22N4O. The van der Waals surface area contributed by atoms with Gasteiger partial charge in [0.25, 0.3) is 0 Å². The van der Waals surface area contributed by atoms with E-state index in [4.69, 9.17) is 0 Å². The number of carbonyl (C=O) groups excluding carboxylic acids is 1. The molecule has 1 atom stereocenters. The number of aromatic nitrogens is 1. The van der Waals surface area contributed by atoms with Crippen molar-refractivity contribution in [3.05, 3.63) is 84.6 Å². The van der Waals surface area contributed by atoms with Crippen LogP contribution in [0.5, 0.6) is 0 Å². The second-order valence-electron chi connectivity index (χ2n) is 6.19. The van der Waals surface area contributed by atoms with E-state index < -0.39 is 0 Å². The largest absolute Gasteiger partial charge is 0.340 e. The maximum atomic E-state index is 12.7. The standard InChI is InChI=1S/C21H22N4O/c1-25(2)20(16-9-5-3-6-10-16)21(26)24-18-13-14-19(22-15-18)23-17-11-7-4-8-12-17/h3-15,20H,1-2H3,(H,22,23)(H,24,26). The van der Waals surface area contributed by atoms with Crippen molar-refractivity contribution in [1.29, 1.82) is 0 Å². The summed E-state index contributed by atoms with van der Waals surface area (Å²) in [6, 6.07) is 22.9. The first-order valence-corrected chi connectivity index (χ1v) is 8.44. The van der Waals surface area contributed by atoms with Gasteiger partial charge in [0.15, 0.2) is 0 Å². The molecule has 0 fully saturated rings. The van der Waals surface area contributed by atoms with Gasteiger partial charge in [-0.05, 0) is 43.9 Å². The van der Waals surface area contributed by atoms with Gasteiger partial charge in [0.05, 0.1) is 11.9 Å². The quantitative estimate of drug-likeness (QED) is 0.706. The van der Waals surface area contributed by atoms with E-state index in [0.29, 0.717) is 5.69 Å². The van der Waals surface area contributed by atoms with Crippen LogP contribution in [0.15, 0.2) is 79.0 Å². The molecule has 5 nitrogen and oxygen atoms in total. The molecule has 3 rings (SSSR count). The Balaban J connectivity index is 1.68. The minimum Gasteiger partial charge on any atom is -0.340 e. The highest BCUT2D eigenvalue weighted by Gasteiger charge is 2.22. The first-order chi connectivity index (χ1) is 12.6. The van der Waals surface area contributed by atoms with Crippen LogP contribution in [0.4, 0.5) is 17.2 Å². The Morgan fingerprint density at radius 3 is 2.12 bits per heavy atom. The molecular weight excluding hydrogens is 324 g/mol. The molecule has 2 aromatic carbocycles. The lowest BCUT2D eigenvalue weighted by atomic mass is 10.1. The average molecular weight is 346 g/mol. The summed E-state index contributed by atoms with van der Waals surface area (Å²) in [4.78, 5) is 19.0. The maximum Gasteiger partial charge on any atom is 0.246 e. The molecule has 3 aromatic rings. The van der Waals surface area contributed by atoms with E-state index in [9.17, 15) is 4.79 Å². The third-order valence-electron chi connectivity index (χ3n) is 3.96. The lowest BCUT2D eigenvalue weighted by Gasteiger charge is -2.23. The van der Waals surface area contributed by atoms with Crippen molar-refractivity contribution < 1.29 is 4.79 Å². The van der Waals surface area contributed by atoms with Crippen LogP contribution in [-0.4, -0.2) is 29.9 Å². The summed E-state index contributed by atoms with van der Waals surface area (Å²) in [5, 5.41) is 6.16. The van der Waals surface area contributed by atoms with Crippen molar-refractivity contribution in [2.75, 3.05) is 24.7 Å². The van der Waals surface area contributed by atoms with Crippen LogP contribution in [-0.2, 0) is 4.79 Å². The lowest BCUT2D eigenvalue weighted by Crippen LogP contribution is -2.32. The van der Waals surface area contributed by atoms with Gasteiger partial charge in [-0.1, -0.05) is 48.5 Å². The number of pyridine rings is 1. The number of nitrogens with one attached hydrogen (secondary N) is 2. The Morgan fingerprint density at radius 2 is 1.54 bits per heavy atom. The van der Waals surface area contributed by atoms with E-state index in [1.54, 1.807) is 6.20 Å². The molecule has 0 spiro atoms. The fourth-order valence-corrected chi connectivity index (χ4v) is 2.74. The van der Waals surface area contributed by atoms with Crippen LogP contribution < -0.4 is 10.6 Å². The molecule has 1 amide bonds. The highest BCUT2D eigenvalue weighted by molar-refractivity contribution is 5.95. The van der Waals surface area contributed by atoms with E-state index in [-0.39, 0.29) is 11.9 Å². The fraction of sp³-hybridized carbons (Fsp3) is 0.143. The molecule has 1 aromatic heterocycles. The summed E-state index contributed by atoms with van der Waals surface area (Å²) < 4.78 is 0. The van der Waals surface area contributed by atoms with E-state index in [1.807, 2.05) is 91.8 Å². The zero-order valence-electron chi connectivity index (χ0n) is 14.9. The Labute approximate surface area is 153 Å². The van der Waals surface area contributed by atoms with Crippen molar-refractivity contribution in [1.82, 2.24) is 9.88 Å². The zero-order valence-corrected chi connectivity index (χ0v) is 14.9. The number of hydrogen-bond donors (Lipinski definition) is 2. The fourth-order valence-electron chi connectivity index (χ4n) is 2.74. The van der Waals surface area contributed by atoms with Gasteiger partial charge in [-0.2, -0.15) is 0 Å². The van der Waals surface area contributed by atoms with Crippen molar-refractivity contribution in [3.63, 3.8) is 0 Å². The Hall–Kier alpha value is -3.18. The minimum absolute atomic E-state index is 0.0910. The molecule has 0 aliphatic carbocycles. The van der Waals surface area contributed by atoms with Crippen LogP contribution in [0.2, 0.25) is 0 Å². The minimum atomic E-state index is -0.363. The van der Waals surface area contributed by atoms with Gasteiger partial charge in [-0.15, -0.1) is 0 Å². The number of carbonyl (C=O) groups is 1. The number of para-hydroxylation sites is 1. The van der Waals surface area contributed by atoms with Crippen LogP contribution in [0.1, 0.15) is 11.6 Å². The number of anilines is 3. The number of rotatable bonds is 6. The predicted octanol–water partition coefficient (Wildman–Crippen LogP) is 4.07. The normalized spacial score (nSPS) is 11.8. The van der Waals surface area contributed by atoms with Crippen LogP contribution in [0.3, 0.4) is 0 Å². The van der Waals surface area contributed by atoms with Crippen LogP contribution >= 0.6 is 0 Å². The monoisotopic (exact) mass is 346 g/mol. The van der Waals surface area contributed by atoms with Crippen LogP contribution in [0, 0.1) is 0 Å². The predicted molar refractivity (Wildman–Crippen MR) is 105 cm³/mol. The third-order valence-corrected chi connectivity index (χ3v) is 3.96. The summed E-state index contributed by atoms with van der Waals surface area (Å²) in [6.07, 6.45) is 1.65. The molecule has 5 heteroatoms. The van der Waals surface area contributed by atoms with Crippen molar-refractivity contribution in [2.24, 2.45) is 0 Å². The van der Waals surface area contributed by atoms with Gasteiger partial charge in [-0.25, -0.2) is 4.98 Å². The molecule has 0 aliphatic heterocycles.